The summed E-state index contributed by atoms with van der Waals surface area (Å²) in [5, 5.41) is 6.71. The molecule has 0 unspecified atom stereocenters. The molecule has 18 heavy (non-hydrogen) atoms. The summed E-state index contributed by atoms with van der Waals surface area (Å²) in [6.45, 7) is 2.88. The van der Waals surface area contributed by atoms with Crippen LogP contribution < -0.4 is 5.32 Å². The minimum atomic E-state index is -0.620. The molecule has 2 aromatic heterocycles. The maximum Gasteiger partial charge on any atom is 0.254 e. The molecule has 2 aromatic rings. The first kappa shape index (κ1) is 12.2. The molecule has 0 saturated heterocycles. The lowest BCUT2D eigenvalue weighted by Gasteiger charge is -2.05. The predicted octanol–water partition coefficient (Wildman–Crippen LogP) is 1.16. The zero-order valence-corrected chi connectivity index (χ0v) is 9.93. The van der Waals surface area contributed by atoms with Gasteiger partial charge in [-0.3, -0.25) is 14.5 Å². The summed E-state index contributed by atoms with van der Waals surface area (Å²) in [6.07, 6.45) is 6.02. The average molecular weight is 248 g/mol. The van der Waals surface area contributed by atoms with Gasteiger partial charge in [0.1, 0.15) is 0 Å². The number of amides is 1. The van der Waals surface area contributed by atoms with Crippen molar-refractivity contribution in [3.05, 3.63) is 47.8 Å². The summed E-state index contributed by atoms with van der Waals surface area (Å²) in [6, 6.07) is 1.35. The van der Waals surface area contributed by atoms with Gasteiger partial charge in [-0.25, -0.2) is 4.39 Å². The summed E-state index contributed by atoms with van der Waals surface area (Å²) in [4.78, 5) is 15.2. The second-order valence-corrected chi connectivity index (χ2v) is 3.89. The molecule has 2 rings (SSSR count). The molecular formula is C12H13FN4O. The Morgan fingerprint density at radius 1 is 1.50 bits per heavy atom. The van der Waals surface area contributed by atoms with Crippen LogP contribution in [-0.2, 0) is 6.54 Å². The second kappa shape index (κ2) is 5.39. The lowest BCUT2D eigenvalue weighted by molar-refractivity contribution is 0.0947. The Kier molecular flexibility index (Phi) is 3.66. The Balaban J connectivity index is 1.87. The molecule has 0 aliphatic heterocycles. The standard InChI is InChI=1S/C12H13FN4O/c1-9-6-16-17(8-9)5-4-15-12(18)10-2-3-14-7-11(10)13/h2-3,6-8H,4-5H2,1H3,(H,15,18). The van der Waals surface area contributed by atoms with Crippen LogP contribution in [0.1, 0.15) is 15.9 Å². The van der Waals surface area contributed by atoms with Crippen LogP contribution >= 0.6 is 0 Å². The van der Waals surface area contributed by atoms with Crippen LogP contribution in [0.15, 0.2) is 30.9 Å². The van der Waals surface area contributed by atoms with E-state index in [9.17, 15) is 9.18 Å². The normalized spacial score (nSPS) is 10.3. The highest BCUT2D eigenvalue weighted by atomic mass is 19.1. The van der Waals surface area contributed by atoms with Gasteiger partial charge in [0.2, 0.25) is 0 Å². The first-order chi connectivity index (χ1) is 8.66. The molecule has 94 valence electrons. The van der Waals surface area contributed by atoms with E-state index in [1.54, 1.807) is 10.9 Å². The van der Waals surface area contributed by atoms with E-state index < -0.39 is 11.7 Å². The minimum absolute atomic E-state index is 0.00152. The molecule has 0 aromatic carbocycles. The molecule has 0 saturated carbocycles. The Morgan fingerprint density at radius 3 is 3.00 bits per heavy atom. The van der Waals surface area contributed by atoms with E-state index in [4.69, 9.17) is 0 Å². The Morgan fingerprint density at radius 2 is 2.33 bits per heavy atom. The average Bonchev–Trinajstić information content (AvgIpc) is 2.75. The number of nitrogens with zero attached hydrogens (tertiary/aromatic N) is 3. The Labute approximate surface area is 104 Å². The van der Waals surface area contributed by atoms with Gasteiger partial charge >= 0.3 is 0 Å². The lowest BCUT2D eigenvalue weighted by atomic mass is 10.2. The number of pyridine rings is 1. The number of hydrogen-bond donors (Lipinski definition) is 1. The largest absolute Gasteiger partial charge is 0.350 e. The summed E-state index contributed by atoms with van der Waals surface area (Å²) in [7, 11) is 0. The van der Waals surface area contributed by atoms with Gasteiger partial charge in [0.25, 0.3) is 5.91 Å². The third-order valence-corrected chi connectivity index (χ3v) is 2.41. The smallest absolute Gasteiger partial charge is 0.254 e. The van der Waals surface area contributed by atoms with Gasteiger partial charge in [-0.15, -0.1) is 0 Å². The minimum Gasteiger partial charge on any atom is -0.350 e. The molecule has 0 fully saturated rings. The molecule has 0 bridgehead atoms. The number of carbonyl (C=O) groups is 1. The maximum atomic E-state index is 13.3. The van der Waals surface area contributed by atoms with Gasteiger partial charge in [0.15, 0.2) is 5.82 Å². The van der Waals surface area contributed by atoms with Crippen molar-refractivity contribution in [1.29, 1.82) is 0 Å². The van der Waals surface area contributed by atoms with Crippen LogP contribution in [0, 0.1) is 12.7 Å². The van der Waals surface area contributed by atoms with Gasteiger partial charge in [-0.1, -0.05) is 0 Å². The van der Waals surface area contributed by atoms with Crippen molar-refractivity contribution >= 4 is 5.91 Å². The highest BCUT2D eigenvalue weighted by Crippen LogP contribution is 2.03. The number of rotatable bonds is 4. The molecule has 2 heterocycles. The number of aromatic nitrogens is 3. The summed E-state index contributed by atoms with van der Waals surface area (Å²) >= 11 is 0. The van der Waals surface area contributed by atoms with E-state index in [1.165, 1.54) is 12.3 Å². The van der Waals surface area contributed by atoms with Crippen molar-refractivity contribution in [2.75, 3.05) is 6.54 Å². The third kappa shape index (κ3) is 2.91. The first-order valence-corrected chi connectivity index (χ1v) is 5.53. The quantitative estimate of drug-likeness (QED) is 0.883. The molecule has 0 aliphatic rings. The maximum absolute atomic E-state index is 13.3. The van der Waals surface area contributed by atoms with Crippen LogP contribution in [0.3, 0.4) is 0 Å². The highest BCUT2D eigenvalue weighted by molar-refractivity contribution is 5.94. The molecule has 5 nitrogen and oxygen atoms in total. The Hall–Kier alpha value is -2.24. The van der Waals surface area contributed by atoms with Crippen LogP contribution in [-0.4, -0.2) is 27.2 Å². The van der Waals surface area contributed by atoms with E-state index in [-0.39, 0.29) is 5.56 Å². The van der Waals surface area contributed by atoms with E-state index in [0.29, 0.717) is 13.1 Å². The van der Waals surface area contributed by atoms with Gasteiger partial charge in [-0.2, -0.15) is 5.10 Å². The van der Waals surface area contributed by atoms with Crippen LogP contribution in [0.2, 0.25) is 0 Å². The van der Waals surface area contributed by atoms with E-state index in [1.807, 2.05) is 13.1 Å². The third-order valence-electron chi connectivity index (χ3n) is 2.41. The molecule has 0 spiro atoms. The fourth-order valence-corrected chi connectivity index (χ4v) is 1.53. The Bertz CT molecular complexity index is 553. The fourth-order valence-electron chi connectivity index (χ4n) is 1.53. The molecule has 0 aliphatic carbocycles. The topological polar surface area (TPSA) is 59.8 Å². The van der Waals surface area contributed by atoms with Crippen molar-refractivity contribution in [2.45, 2.75) is 13.5 Å². The van der Waals surface area contributed by atoms with E-state index >= 15 is 0 Å². The van der Waals surface area contributed by atoms with E-state index in [2.05, 4.69) is 15.4 Å². The number of halogens is 1. The summed E-state index contributed by atoms with van der Waals surface area (Å²) < 4.78 is 15.0. The summed E-state index contributed by atoms with van der Waals surface area (Å²) in [5.41, 5.74) is 1.06. The lowest BCUT2D eigenvalue weighted by Crippen LogP contribution is -2.28. The fraction of sp³-hybridized carbons (Fsp3) is 0.250. The monoisotopic (exact) mass is 248 g/mol. The van der Waals surface area contributed by atoms with Gasteiger partial charge in [0.05, 0.1) is 24.5 Å². The number of carbonyl (C=O) groups excluding carboxylic acids is 1. The molecule has 1 N–H and O–H groups in total. The first-order valence-electron chi connectivity index (χ1n) is 5.53. The zero-order chi connectivity index (χ0) is 13.0. The van der Waals surface area contributed by atoms with Gasteiger partial charge < -0.3 is 5.32 Å². The molecule has 1 amide bonds. The van der Waals surface area contributed by atoms with E-state index in [0.717, 1.165) is 11.8 Å². The molecular weight excluding hydrogens is 235 g/mol. The second-order valence-electron chi connectivity index (χ2n) is 3.89. The van der Waals surface area contributed by atoms with Crippen molar-refractivity contribution < 1.29 is 9.18 Å². The van der Waals surface area contributed by atoms with Crippen LogP contribution in [0.4, 0.5) is 4.39 Å². The zero-order valence-electron chi connectivity index (χ0n) is 9.93. The van der Waals surface area contributed by atoms with Crippen LogP contribution in [0.25, 0.3) is 0 Å². The van der Waals surface area contributed by atoms with Crippen molar-refractivity contribution in [3.8, 4) is 0 Å². The molecule has 6 heteroatoms. The van der Waals surface area contributed by atoms with Crippen LogP contribution in [0.5, 0.6) is 0 Å². The van der Waals surface area contributed by atoms with Crippen molar-refractivity contribution in [2.24, 2.45) is 0 Å². The van der Waals surface area contributed by atoms with Gasteiger partial charge in [0, 0.05) is 18.9 Å². The van der Waals surface area contributed by atoms with Crippen molar-refractivity contribution in [3.63, 3.8) is 0 Å². The molecule has 0 radical (unpaired) electrons. The van der Waals surface area contributed by atoms with Gasteiger partial charge in [-0.05, 0) is 18.6 Å². The predicted molar refractivity (Wildman–Crippen MR) is 63.5 cm³/mol. The number of nitrogens with one attached hydrogen (secondary N) is 1. The van der Waals surface area contributed by atoms with Crippen molar-refractivity contribution in [1.82, 2.24) is 20.1 Å². The summed E-state index contributed by atoms with van der Waals surface area (Å²) in [5.74, 6) is -1.07. The molecule has 0 atom stereocenters. The number of aryl methyl sites for hydroxylation is 1. The number of hydrogen-bond acceptors (Lipinski definition) is 3. The SMILES string of the molecule is Cc1cnn(CCNC(=O)c2ccncc2F)c1. The highest BCUT2D eigenvalue weighted by Gasteiger charge is 2.10.